The minimum absolute atomic E-state index is 0.115. The zero-order chi connectivity index (χ0) is 16.2. The maximum absolute atomic E-state index is 13.3. The number of rotatable bonds is 0. The summed E-state index contributed by atoms with van der Waals surface area (Å²) in [5.41, 5.74) is 0. The van der Waals surface area contributed by atoms with Crippen LogP contribution in [-0.2, 0) is 0 Å². The van der Waals surface area contributed by atoms with Crippen LogP contribution in [0.4, 0.5) is 39.0 Å². The van der Waals surface area contributed by atoms with Crippen molar-refractivity contribution in [3.63, 3.8) is 0 Å². The minimum Gasteiger partial charge on any atom is -0.418 e. The molecule has 3 aliphatic rings. The van der Waals surface area contributed by atoms with Crippen molar-refractivity contribution in [3.8, 4) is 0 Å². The van der Waals surface area contributed by atoms with Gasteiger partial charge in [0.25, 0.3) is 0 Å². The van der Waals surface area contributed by atoms with Gasteiger partial charge in [0, 0.05) is 0 Å². The lowest BCUT2D eigenvalue weighted by Gasteiger charge is -2.44. The third-order valence-corrected chi connectivity index (χ3v) is 2.75. The number of hydroxylamine groups is 3. The van der Waals surface area contributed by atoms with Gasteiger partial charge < -0.3 is 34.5 Å². The predicted molar refractivity (Wildman–Crippen MR) is 53.0 cm³/mol. The molecule has 122 valence electrons. The molecule has 0 aromatic rings. The van der Waals surface area contributed by atoms with Gasteiger partial charge in [-0.1, -0.05) is 0 Å². The fourth-order valence-corrected chi connectivity index (χ4v) is 1.77. The smallest absolute Gasteiger partial charge is 0.418 e. The Morgan fingerprint density at radius 1 is 0.600 bits per heavy atom. The van der Waals surface area contributed by atoms with Crippen molar-refractivity contribution in [2.45, 2.75) is 0 Å². The average Bonchev–Trinajstić information content (AvgIpc) is 2.16. The molecule has 0 aromatic heterocycles. The molecule has 3 rings (SSSR count). The van der Waals surface area contributed by atoms with Crippen LogP contribution in [0.2, 0.25) is 0 Å². The van der Waals surface area contributed by atoms with E-state index >= 15 is 0 Å². The molecule has 3 aliphatic heterocycles. The molecule has 2 bridgehead atoms. The molecule has 0 aliphatic carbocycles. The highest BCUT2D eigenvalue weighted by molar-refractivity contribution is 6.50. The lowest BCUT2D eigenvalue weighted by Crippen LogP contribution is -2.70. The maximum atomic E-state index is 13.3. The summed E-state index contributed by atoms with van der Waals surface area (Å²) in [4.78, 5) is 0. The third kappa shape index (κ3) is 11.2. The fraction of sp³-hybridized carbons (Fsp3) is 1.00. The lowest BCUT2D eigenvalue weighted by molar-refractivity contribution is -1.21. The van der Waals surface area contributed by atoms with E-state index in [0.29, 0.717) is 39.3 Å². The molecule has 14 heteroatoms. The van der Waals surface area contributed by atoms with Crippen LogP contribution in [0.3, 0.4) is 0 Å². The van der Waals surface area contributed by atoms with Crippen molar-refractivity contribution < 1.29 is 53.6 Å². The van der Waals surface area contributed by atoms with Gasteiger partial charge >= 0.3 is 14.5 Å². The molecule has 0 saturated carbocycles. The van der Waals surface area contributed by atoms with Crippen molar-refractivity contribution in [1.82, 2.24) is 0 Å². The van der Waals surface area contributed by atoms with Crippen molar-refractivity contribution in [1.29, 1.82) is 0 Å². The number of hydrogen-bond acceptors (Lipinski definition) is 1. The highest BCUT2D eigenvalue weighted by Gasteiger charge is 2.50. The van der Waals surface area contributed by atoms with E-state index in [1.165, 1.54) is 0 Å². The van der Waals surface area contributed by atoms with E-state index in [1.54, 1.807) is 0 Å². The molecule has 1 N–H and O–H groups in total. The molecule has 0 amide bonds. The van der Waals surface area contributed by atoms with E-state index < -0.39 is 14.5 Å². The topological polar surface area (TPSA) is 20.2 Å². The number of fused-ring (bicyclic) bond motifs is 3. The summed E-state index contributed by atoms with van der Waals surface area (Å²) in [7, 11) is -12.0. The van der Waals surface area contributed by atoms with Gasteiger partial charge in [0.15, 0.2) is 39.3 Å². The average molecular weight is 322 g/mol. The van der Waals surface area contributed by atoms with Crippen molar-refractivity contribution in [2.75, 3.05) is 39.3 Å². The molecule has 0 unspecified atom stereocenters. The van der Waals surface area contributed by atoms with Gasteiger partial charge in [-0.05, 0) is 4.48 Å². The Kier molecular flexibility index (Phi) is 6.23. The molecule has 3 nitrogen and oxygen atoms in total. The highest BCUT2D eigenvalue weighted by Crippen LogP contribution is 2.24. The van der Waals surface area contributed by atoms with Gasteiger partial charge in [0.1, 0.15) is 0 Å². The minimum atomic E-state index is -6.00. The SMILES string of the molecule is F[B-](F)(F)F.F[B-](F)(F)F.O[N+]12CC[N+](F)(CC1)CC2. The molecule has 0 spiro atoms. The van der Waals surface area contributed by atoms with Crippen molar-refractivity contribution >= 4 is 14.5 Å². The second-order valence-electron chi connectivity index (χ2n) is 4.46. The number of halogens is 9. The summed E-state index contributed by atoms with van der Waals surface area (Å²) in [5.74, 6) is 0. The second kappa shape index (κ2) is 6.43. The van der Waals surface area contributed by atoms with E-state index in [2.05, 4.69) is 0 Å². The standard InChI is InChI=1S/C6H13FN2O.2BF4/c7-8-1-4-9(10,5-2-8)6-3-8;2*2-1(3,4)5/h10H,1-6H2;;/q+2;2*-1. The fourth-order valence-electron chi connectivity index (χ4n) is 1.77. The normalized spacial score (nSPS) is 32.7. The molecule has 20 heavy (non-hydrogen) atoms. The molecule has 0 aromatic carbocycles. The van der Waals surface area contributed by atoms with Crippen molar-refractivity contribution in [2.24, 2.45) is 0 Å². The summed E-state index contributed by atoms with van der Waals surface area (Å²) < 4.78 is 91.1. The summed E-state index contributed by atoms with van der Waals surface area (Å²) in [6.07, 6.45) is 0. The Bertz CT molecular complexity index is 243. The Balaban J connectivity index is 0.000000310. The quantitative estimate of drug-likeness (QED) is 0.315. The van der Waals surface area contributed by atoms with Crippen LogP contribution >= 0.6 is 0 Å². The first-order chi connectivity index (χ1) is 8.62. The second-order valence-corrected chi connectivity index (χ2v) is 4.46. The Morgan fingerprint density at radius 2 is 0.800 bits per heavy atom. The number of hydrogen-bond donors (Lipinski definition) is 1. The Labute approximate surface area is 108 Å². The number of quaternary nitrogens is 2. The van der Waals surface area contributed by atoms with Gasteiger partial charge in [-0.3, -0.25) is 0 Å². The first-order valence-corrected chi connectivity index (χ1v) is 5.51. The van der Waals surface area contributed by atoms with E-state index in [1.807, 2.05) is 0 Å². The number of nitrogens with zero attached hydrogens (tertiary/aromatic N) is 2. The lowest BCUT2D eigenvalue weighted by atomic mass is 10.2. The predicted octanol–water partition coefficient (Wildman–Crippen LogP) is 2.52. The Hall–Kier alpha value is -0.620. The highest BCUT2D eigenvalue weighted by atomic mass is 19.5. The molecular weight excluding hydrogens is 309 g/mol. The molecule has 0 radical (unpaired) electrons. The summed E-state index contributed by atoms with van der Waals surface area (Å²) in [6.45, 7) is 3.27. The van der Waals surface area contributed by atoms with Gasteiger partial charge in [-0.2, -0.15) is 4.65 Å². The van der Waals surface area contributed by atoms with Crippen LogP contribution in [0.15, 0.2) is 0 Å². The molecule has 3 heterocycles. The van der Waals surface area contributed by atoms with Crippen LogP contribution < -0.4 is 0 Å². The molecule has 0 atom stereocenters. The van der Waals surface area contributed by atoms with Crippen LogP contribution in [0.5, 0.6) is 0 Å². The zero-order valence-electron chi connectivity index (χ0n) is 10.1. The largest absolute Gasteiger partial charge is 0.673 e. The van der Waals surface area contributed by atoms with Crippen molar-refractivity contribution in [3.05, 3.63) is 0 Å². The summed E-state index contributed by atoms with van der Waals surface area (Å²) in [6, 6.07) is 0. The maximum Gasteiger partial charge on any atom is 0.673 e. The van der Waals surface area contributed by atoms with E-state index in [-0.39, 0.29) is 9.35 Å². The zero-order valence-corrected chi connectivity index (χ0v) is 10.1. The third-order valence-electron chi connectivity index (χ3n) is 2.75. The van der Waals surface area contributed by atoms with Crippen LogP contribution in [0.25, 0.3) is 0 Å². The monoisotopic (exact) mass is 322 g/mol. The van der Waals surface area contributed by atoms with Gasteiger partial charge in [0.2, 0.25) is 0 Å². The van der Waals surface area contributed by atoms with Gasteiger partial charge in [-0.25, -0.2) is 5.21 Å². The molecular formula is C6H13B2F9N2O. The van der Waals surface area contributed by atoms with Gasteiger partial charge in [0.05, 0.1) is 0 Å². The van der Waals surface area contributed by atoms with Gasteiger partial charge in [-0.15, -0.1) is 4.71 Å². The van der Waals surface area contributed by atoms with Crippen LogP contribution in [0, 0.1) is 0 Å². The van der Waals surface area contributed by atoms with E-state index in [4.69, 9.17) is 0 Å². The molecule has 3 fully saturated rings. The van der Waals surface area contributed by atoms with E-state index in [0.717, 1.165) is 0 Å². The first-order valence-electron chi connectivity index (χ1n) is 5.51. The summed E-state index contributed by atoms with van der Waals surface area (Å²) >= 11 is 0. The van der Waals surface area contributed by atoms with Crippen LogP contribution in [-0.4, -0.2) is 68.3 Å². The molecule has 3 saturated heterocycles. The number of piperazine rings is 3. The van der Waals surface area contributed by atoms with E-state index in [9.17, 15) is 44.2 Å². The summed E-state index contributed by atoms with van der Waals surface area (Å²) in [5, 5.41) is 9.59. The first kappa shape index (κ1) is 19.4. The Morgan fingerprint density at radius 3 is 0.950 bits per heavy atom. The van der Waals surface area contributed by atoms with Crippen LogP contribution in [0.1, 0.15) is 0 Å².